The molecule has 1 aliphatic rings. The maximum atomic E-state index is 12.0. The number of likely N-dealkylation sites (tertiary alicyclic amines) is 1. The predicted octanol–water partition coefficient (Wildman–Crippen LogP) is 2.11. The van der Waals surface area contributed by atoms with E-state index in [4.69, 9.17) is 4.74 Å². The lowest BCUT2D eigenvalue weighted by Gasteiger charge is -2.39. The van der Waals surface area contributed by atoms with Crippen LogP contribution in [0.3, 0.4) is 0 Å². The number of hydrogen-bond acceptors (Lipinski definition) is 3. The summed E-state index contributed by atoms with van der Waals surface area (Å²) < 4.78 is 5.86. The first kappa shape index (κ1) is 16.6. The highest BCUT2D eigenvalue weighted by Gasteiger charge is 2.32. The molecule has 0 bridgehead atoms. The largest absolute Gasteiger partial charge is 0.487 e. The van der Waals surface area contributed by atoms with Crippen molar-refractivity contribution in [3.8, 4) is 5.75 Å². The van der Waals surface area contributed by atoms with Crippen molar-refractivity contribution in [1.29, 1.82) is 0 Å². The third-order valence-electron chi connectivity index (χ3n) is 4.15. The minimum Gasteiger partial charge on any atom is -0.487 e. The minimum atomic E-state index is 0.00930. The highest BCUT2D eigenvalue weighted by molar-refractivity contribution is 5.75. The van der Waals surface area contributed by atoms with Crippen LogP contribution in [-0.2, 0) is 0 Å². The molecular weight excluding hydrogens is 278 g/mol. The van der Waals surface area contributed by atoms with Crippen molar-refractivity contribution in [2.24, 2.45) is 0 Å². The van der Waals surface area contributed by atoms with Crippen LogP contribution in [0.2, 0.25) is 0 Å². The van der Waals surface area contributed by atoms with Gasteiger partial charge in [0.15, 0.2) is 0 Å². The number of ether oxygens (including phenoxy) is 1. The first-order chi connectivity index (χ1) is 10.5. The van der Waals surface area contributed by atoms with Crippen LogP contribution in [0.15, 0.2) is 24.3 Å². The zero-order chi connectivity index (χ0) is 16.1. The van der Waals surface area contributed by atoms with Crippen molar-refractivity contribution in [3.05, 3.63) is 29.8 Å². The summed E-state index contributed by atoms with van der Waals surface area (Å²) in [4.78, 5) is 15.9. The predicted molar refractivity (Wildman–Crippen MR) is 88.3 cm³/mol. The Kier molecular flexibility index (Phi) is 5.66. The van der Waals surface area contributed by atoms with Crippen molar-refractivity contribution in [1.82, 2.24) is 15.1 Å². The van der Waals surface area contributed by atoms with E-state index in [1.54, 1.807) is 4.90 Å². The van der Waals surface area contributed by atoms with Crippen LogP contribution in [0.25, 0.3) is 0 Å². The van der Waals surface area contributed by atoms with Gasteiger partial charge in [0.2, 0.25) is 0 Å². The number of nitrogens with zero attached hydrogens (tertiary/aromatic N) is 2. The van der Waals surface area contributed by atoms with Gasteiger partial charge >= 0.3 is 6.03 Å². The molecule has 5 heteroatoms. The van der Waals surface area contributed by atoms with Crippen LogP contribution in [0, 0.1) is 6.92 Å². The molecule has 22 heavy (non-hydrogen) atoms. The van der Waals surface area contributed by atoms with Crippen LogP contribution < -0.4 is 10.1 Å². The zero-order valence-corrected chi connectivity index (χ0v) is 14.0. The summed E-state index contributed by atoms with van der Waals surface area (Å²) in [6.45, 7) is 6.22. The lowest BCUT2D eigenvalue weighted by Crippen LogP contribution is -2.59. The summed E-state index contributed by atoms with van der Waals surface area (Å²) in [5, 5.41) is 2.97. The molecule has 5 nitrogen and oxygen atoms in total. The van der Waals surface area contributed by atoms with Crippen molar-refractivity contribution in [3.63, 3.8) is 0 Å². The third kappa shape index (κ3) is 4.63. The van der Waals surface area contributed by atoms with Gasteiger partial charge in [-0.05, 0) is 52.1 Å². The number of amides is 2. The molecule has 0 unspecified atom stereocenters. The molecule has 1 fully saturated rings. The highest BCUT2D eigenvalue weighted by Crippen LogP contribution is 2.19. The van der Waals surface area contributed by atoms with E-state index in [0.717, 1.165) is 12.2 Å². The lowest BCUT2D eigenvalue weighted by molar-refractivity contribution is 0.0443. The van der Waals surface area contributed by atoms with E-state index in [2.05, 4.69) is 31.2 Å². The van der Waals surface area contributed by atoms with Gasteiger partial charge in [-0.2, -0.15) is 0 Å². The summed E-state index contributed by atoms with van der Waals surface area (Å²) in [5.74, 6) is 0.880. The molecule has 1 N–H and O–H groups in total. The Morgan fingerprint density at radius 3 is 2.82 bits per heavy atom. The van der Waals surface area contributed by atoms with Gasteiger partial charge in [0.05, 0.1) is 13.1 Å². The van der Waals surface area contributed by atoms with E-state index in [-0.39, 0.29) is 12.1 Å². The maximum absolute atomic E-state index is 12.0. The molecule has 1 aromatic carbocycles. The van der Waals surface area contributed by atoms with Crippen molar-refractivity contribution in [2.45, 2.75) is 32.4 Å². The van der Waals surface area contributed by atoms with E-state index in [9.17, 15) is 4.79 Å². The van der Waals surface area contributed by atoms with E-state index in [1.165, 1.54) is 5.56 Å². The first-order valence-electron chi connectivity index (χ1n) is 7.88. The average molecular weight is 305 g/mol. The van der Waals surface area contributed by atoms with Crippen LogP contribution >= 0.6 is 0 Å². The van der Waals surface area contributed by atoms with Gasteiger partial charge in [0.25, 0.3) is 0 Å². The number of hydrogen-bond donors (Lipinski definition) is 1. The molecule has 0 radical (unpaired) electrons. The fraction of sp³-hybridized carbons (Fsp3) is 0.588. The van der Waals surface area contributed by atoms with E-state index in [0.29, 0.717) is 25.7 Å². The van der Waals surface area contributed by atoms with Crippen LogP contribution in [0.4, 0.5) is 4.79 Å². The summed E-state index contributed by atoms with van der Waals surface area (Å²) in [6.07, 6.45) is 1.06. The lowest BCUT2D eigenvalue weighted by atomic mass is 10.1. The SMILES string of the molecule is Cc1cccc(OC2CN(C(=O)NCC[C@H](C)N(C)C)C2)c1. The van der Waals surface area contributed by atoms with Crippen LogP contribution in [0.1, 0.15) is 18.9 Å². The molecule has 1 atom stereocenters. The number of carbonyl (C=O) groups excluding carboxylic acids is 1. The fourth-order valence-electron chi connectivity index (χ4n) is 2.32. The van der Waals surface area contributed by atoms with Gasteiger partial charge in [-0.25, -0.2) is 4.79 Å². The molecule has 1 aromatic rings. The monoisotopic (exact) mass is 305 g/mol. The van der Waals surface area contributed by atoms with E-state index in [1.807, 2.05) is 31.2 Å². The number of benzene rings is 1. The summed E-state index contributed by atoms with van der Waals surface area (Å²) in [7, 11) is 4.10. The second-order valence-corrected chi connectivity index (χ2v) is 6.29. The van der Waals surface area contributed by atoms with Gasteiger partial charge in [0, 0.05) is 12.6 Å². The van der Waals surface area contributed by atoms with Crippen LogP contribution in [-0.4, -0.2) is 61.7 Å². The second-order valence-electron chi connectivity index (χ2n) is 6.29. The van der Waals surface area contributed by atoms with Gasteiger partial charge in [-0.15, -0.1) is 0 Å². The number of urea groups is 1. The Morgan fingerprint density at radius 2 is 2.18 bits per heavy atom. The summed E-state index contributed by atoms with van der Waals surface area (Å²) >= 11 is 0. The molecule has 122 valence electrons. The van der Waals surface area contributed by atoms with Crippen molar-refractivity contribution >= 4 is 6.03 Å². The Hall–Kier alpha value is -1.75. The summed E-state index contributed by atoms with van der Waals surface area (Å²) in [6, 6.07) is 8.48. The Balaban J connectivity index is 1.65. The fourth-order valence-corrected chi connectivity index (χ4v) is 2.32. The van der Waals surface area contributed by atoms with E-state index < -0.39 is 0 Å². The molecule has 0 aliphatic carbocycles. The third-order valence-corrected chi connectivity index (χ3v) is 4.15. The smallest absolute Gasteiger partial charge is 0.317 e. The normalized spacial score (nSPS) is 16.3. The molecule has 0 aromatic heterocycles. The number of aryl methyl sites for hydroxylation is 1. The molecule has 1 heterocycles. The van der Waals surface area contributed by atoms with Gasteiger partial charge in [0.1, 0.15) is 11.9 Å². The second kappa shape index (κ2) is 7.49. The molecule has 2 amide bonds. The summed E-state index contributed by atoms with van der Waals surface area (Å²) in [5.41, 5.74) is 1.18. The average Bonchev–Trinajstić information content (AvgIpc) is 2.42. The Morgan fingerprint density at radius 1 is 1.45 bits per heavy atom. The topological polar surface area (TPSA) is 44.8 Å². The maximum Gasteiger partial charge on any atom is 0.317 e. The molecule has 0 spiro atoms. The number of rotatable bonds is 6. The standard InChI is InChI=1S/C17H27N3O2/c1-13-6-5-7-15(10-13)22-16-11-20(12-16)17(21)18-9-8-14(2)19(3)4/h5-7,10,14,16H,8-9,11-12H2,1-4H3,(H,18,21)/t14-/m0/s1. The van der Waals surface area contributed by atoms with Gasteiger partial charge < -0.3 is 19.9 Å². The molecular formula is C17H27N3O2. The van der Waals surface area contributed by atoms with Crippen LogP contribution in [0.5, 0.6) is 5.75 Å². The molecule has 0 saturated carbocycles. The Labute approximate surface area is 133 Å². The quantitative estimate of drug-likeness (QED) is 0.875. The Bertz CT molecular complexity index is 498. The first-order valence-corrected chi connectivity index (χ1v) is 7.88. The highest BCUT2D eigenvalue weighted by atomic mass is 16.5. The number of nitrogens with one attached hydrogen (secondary N) is 1. The van der Waals surface area contributed by atoms with Gasteiger partial charge in [-0.1, -0.05) is 12.1 Å². The molecule has 2 rings (SSSR count). The number of carbonyl (C=O) groups is 1. The van der Waals surface area contributed by atoms with Gasteiger partial charge in [-0.3, -0.25) is 0 Å². The molecule has 1 saturated heterocycles. The zero-order valence-electron chi connectivity index (χ0n) is 14.0. The van der Waals surface area contributed by atoms with Crippen molar-refractivity contribution in [2.75, 3.05) is 33.7 Å². The molecule has 1 aliphatic heterocycles. The van der Waals surface area contributed by atoms with E-state index >= 15 is 0 Å². The van der Waals surface area contributed by atoms with Crippen molar-refractivity contribution < 1.29 is 9.53 Å². The minimum absolute atomic E-state index is 0.00930.